The monoisotopic (exact) mass is 366 g/mol. The molecule has 8 nitrogen and oxygen atoms in total. The molecule has 3 N–H and O–H groups in total. The number of nitrogens with one attached hydrogen (secondary N) is 1. The zero-order valence-corrected chi connectivity index (χ0v) is 14.6. The summed E-state index contributed by atoms with van der Waals surface area (Å²) >= 11 is 0. The fraction of sp³-hybridized carbons (Fsp3) is 0.158. The van der Waals surface area contributed by atoms with E-state index < -0.39 is 17.5 Å². The summed E-state index contributed by atoms with van der Waals surface area (Å²) < 4.78 is 2.34. The molecule has 3 aromatic rings. The average molecular weight is 366 g/mol. The van der Waals surface area contributed by atoms with E-state index in [2.05, 4.69) is 5.32 Å². The van der Waals surface area contributed by atoms with Crippen molar-refractivity contribution in [2.75, 3.05) is 5.32 Å². The third kappa shape index (κ3) is 3.50. The standard InChI is InChI=1S/C19H18N4O4/c1-2-22-18(26)14-8-3-4-9-15(14)23(19(22)27)11-16(24)21-13-7-5-6-12(10-13)17(20)25/h3-10H,2,11H2,1H3,(H2,20,25)(H,21,24). The molecule has 0 fully saturated rings. The van der Waals surface area contributed by atoms with E-state index in [0.717, 1.165) is 4.57 Å². The minimum absolute atomic E-state index is 0.199. The van der Waals surface area contributed by atoms with Crippen molar-refractivity contribution in [1.29, 1.82) is 0 Å². The largest absolute Gasteiger partial charge is 0.366 e. The number of benzene rings is 2. The molecule has 0 spiro atoms. The number of anilines is 1. The summed E-state index contributed by atoms with van der Waals surface area (Å²) in [6.45, 7) is 1.61. The zero-order valence-electron chi connectivity index (χ0n) is 14.6. The lowest BCUT2D eigenvalue weighted by Crippen LogP contribution is -2.41. The molecule has 0 radical (unpaired) electrons. The molecule has 3 rings (SSSR count). The predicted octanol–water partition coefficient (Wildman–Crippen LogP) is 0.921. The number of carbonyl (C=O) groups is 2. The average Bonchev–Trinajstić information content (AvgIpc) is 2.66. The van der Waals surface area contributed by atoms with Crippen LogP contribution >= 0.6 is 0 Å². The maximum atomic E-state index is 12.7. The Morgan fingerprint density at radius 2 is 1.78 bits per heavy atom. The number of fused-ring (bicyclic) bond motifs is 1. The molecule has 27 heavy (non-hydrogen) atoms. The van der Waals surface area contributed by atoms with Gasteiger partial charge in [0.25, 0.3) is 5.56 Å². The van der Waals surface area contributed by atoms with Gasteiger partial charge in [-0.25, -0.2) is 4.79 Å². The molecule has 0 saturated heterocycles. The Bertz CT molecular complexity index is 1160. The second-order valence-corrected chi connectivity index (χ2v) is 5.93. The number of para-hydroxylation sites is 1. The number of amides is 2. The van der Waals surface area contributed by atoms with E-state index in [9.17, 15) is 19.2 Å². The maximum absolute atomic E-state index is 12.7. The summed E-state index contributed by atoms with van der Waals surface area (Å²) in [6.07, 6.45) is 0. The first-order valence-electron chi connectivity index (χ1n) is 8.34. The number of nitrogens with two attached hydrogens (primary N) is 1. The van der Waals surface area contributed by atoms with Gasteiger partial charge in [-0.3, -0.25) is 23.5 Å². The molecule has 0 unspecified atom stereocenters. The van der Waals surface area contributed by atoms with Crippen molar-refractivity contribution in [2.24, 2.45) is 5.73 Å². The molecule has 2 amide bonds. The number of aromatic nitrogens is 2. The van der Waals surface area contributed by atoms with Crippen LogP contribution in [-0.4, -0.2) is 20.9 Å². The van der Waals surface area contributed by atoms with E-state index >= 15 is 0 Å². The smallest absolute Gasteiger partial charge is 0.331 e. The molecule has 1 heterocycles. The first-order valence-corrected chi connectivity index (χ1v) is 8.34. The lowest BCUT2D eigenvalue weighted by atomic mass is 10.2. The van der Waals surface area contributed by atoms with Crippen molar-refractivity contribution in [3.8, 4) is 0 Å². The van der Waals surface area contributed by atoms with E-state index in [1.54, 1.807) is 43.3 Å². The van der Waals surface area contributed by atoms with E-state index in [1.807, 2.05) is 0 Å². The van der Waals surface area contributed by atoms with Gasteiger partial charge in [0, 0.05) is 17.8 Å². The highest BCUT2D eigenvalue weighted by atomic mass is 16.2. The molecule has 2 aromatic carbocycles. The van der Waals surface area contributed by atoms with Crippen molar-refractivity contribution < 1.29 is 9.59 Å². The van der Waals surface area contributed by atoms with Gasteiger partial charge in [0.15, 0.2) is 0 Å². The third-order valence-corrected chi connectivity index (χ3v) is 4.18. The summed E-state index contributed by atoms with van der Waals surface area (Å²) in [5.74, 6) is -1.08. The second-order valence-electron chi connectivity index (χ2n) is 5.93. The van der Waals surface area contributed by atoms with E-state index in [1.165, 1.54) is 16.7 Å². The van der Waals surface area contributed by atoms with Crippen molar-refractivity contribution in [3.63, 3.8) is 0 Å². The summed E-state index contributed by atoms with van der Waals surface area (Å²) in [7, 11) is 0. The van der Waals surface area contributed by atoms with Crippen molar-refractivity contribution in [1.82, 2.24) is 9.13 Å². The molecule has 0 bridgehead atoms. The van der Waals surface area contributed by atoms with E-state index in [0.29, 0.717) is 16.6 Å². The number of primary amides is 1. The Hall–Kier alpha value is -3.68. The minimum Gasteiger partial charge on any atom is -0.366 e. The number of hydrogen-bond acceptors (Lipinski definition) is 4. The van der Waals surface area contributed by atoms with Gasteiger partial charge in [0.05, 0.1) is 10.9 Å². The van der Waals surface area contributed by atoms with Gasteiger partial charge in [0.2, 0.25) is 11.8 Å². The van der Waals surface area contributed by atoms with E-state index in [-0.39, 0.29) is 24.2 Å². The topological polar surface area (TPSA) is 116 Å². The summed E-state index contributed by atoms with van der Waals surface area (Å²) in [5, 5.41) is 3.00. The quantitative estimate of drug-likeness (QED) is 0.698. The SMILES string of the molecule is CCn1c(=O)c2ccccc2n(CC(=O)Nc2cccc(C(N)=O)c2)c1=O. The minimum atomic E-state index is -0.608. The van der Waals surface area contributed by atoms with Crippen molar-refractivity contribution in [2.45, 2.75) is 20.0 Å². The molecule has 0 atom stereocenters. The number of nitrogens with zero attached hydrogens (tertiary/aromatic N) is 2. The number of hydrogen-bond donors (Lipinski definition) is 2. The summed E-state index contributed by atoms with van der Waals surface area (Å²) in [5.41, 5.74) is 5.33. The fourth-order valence-corrected chi connectivity index (χ4v) is 2.90. The van der Waals surface area contributed by atoms with Crippen LogP contribution in [0.1, 0.15) is 17.3 Å². The Balaban J connectivity index is 1.98. The Kier molecular flexibility index (Phi) is 4.89. The predicted molar refractivity (Wildman–Crippen MR) is 102 cm³/mol. The van der Waals surface area contributed by atoms with Crippen LogP contribution in [0.3, 0.4) is 0 Å². The highest BCUT2D eigenvalue weighted by Crippen LogP contribution is 2.11. The van der Waals surface area contributed by atoms with Crippen LogP contribution in [-0.2, 0) is 17.9 Å². The normalized spacial score (nSPS) is 10.7. The molecule has 0 aliphatic rings. The lowest BCUT2D eigenvalue weighted by molar-refractivity contribution is -0.116. The molecule has 1 aromatic heterocycles. The molecule has 0 aliphatic heterocycles. The highest BCUT2D eigenvalue weighted by molar-refractivity contribution is 5.96. The van der Waals surface area contributed by atoms with Gasteiger partial charge < -0.3 is 11.1 Å². The third-order valence-electron chi connectivity index (χ3n) is 4.18. The van der Waals surface area contributed by atoms with Gasteiger partial charge in [-0.05, 0) is 37.3 Å². The zero-order chi connectivity index (χ0) is 19.6. The highest BCUT2D eigenvalue weighted by Gasteiger charge is 2.14. The van der Waals surface area contributed by atoms with Crippen molar-refractivity contribution >= 4 is 28.4 Å². The van der Waals surface area contributed by atoms with Crippen LogP contribution in [0.15, 0.2) is 58.1 Å². The maximum Gasteiger partial charge on any atom is 0.331 e. The molecule has 138 valence electrons. The molecular weight excluding hydrogens is 348 g/mol. The van der Waals surface area contributed by atoms with Gasteiger partial charge in [-0.15, -0.1) is 0 Å². The second kappa shape index (κ2) is 7.28. The molecule has 0 saturated carbocycles. The number of rotatable bonds is 5. The van der Waals surface area contributed by atoms with Gasteiger partial charge in [-0.1, -0.05) is 18.2 Å². The summed E-state index contributed by atoms with van der Waals surface area (Å²) in [4.78, 5) is 48.8. The Labute approximate surface area is 153 Å². The van der Waals surface area contributed by atoms with Gasteiger partial charge in [0.1, 0.15) is 6.54 Å². The Morgan fingerprint density at radius 3 is 2.48 bits per heavy atom. The van der Waals surface area contributed by atoms with Crippen LogP contribution in [0.25, 0.3) is 10.9 Å². The Morgan fingerprint density at radius 1 is 1.04 bits per heavy atom. The van der Waals surface area contributed by atoms with E-state index in [4.69, 9.17) is 5.73 Å². The van der Waals surface area contributed by atoms with Crippen LogP contribution < -0.4 is 22.3 Å². The van der Waals surface area contributed by atoms with Crippen molar-refractivity contribution in [3.05, 3.63) is 74.9 Å². The van der Waals surface area contributed by atoms with Gasteiger partial charge in [-0.2, -0.15) is 0 Å². The van der Waals surface area contributed by atoms with Crippen LogP contribution in [0, 0.1) is 0 Å². The summed E-state index contributed by atoms with van der Waals surface area (Å²) in [6, 6.07) is 12.8. The molecule has 0 aliphatic carbocycles. The van der Waals surface area contributed by atoms with Crippen LogP contribution in [0.4, 0.5) is 5.69 Å². The molecule has 8 heteroatoms. The lowest BCUT2D eigenvalue weighted by Gasteiger charge is -2.13. The molecular formula is C19H18N4O4. The number of carbonyl (C=O) groups excluding carboxylic acids is 2. The first kappa shape index (κ1) is 18.1. The fourth-order valence-electron chi connectivity index (χ4n) is 2.90. The first-order chi connectivity index (χ1) is 12.9. The van der Waals surface area contributed by atoms with Crippen LogP contribution in [0.2, 0.25) is 0 Å². The van der Waals surface area contributed by atoms with Gasteiger partial charge >= 0.3 is 5.69 Å². The van der Waals surface area contributed by atoms with Crippen LogP contribution in [0.5, 0.6) is 0 Å².